The zero-order chi connectivity index (χ0) is 22.5. The molecule has 0 radical (unpaired) electrons. The SMILES string of the molecule is COc1ccc(Nc2ncnc(NNC(=O)c3cccc4ccccc34)c2[N+](=O)[O-])cc1. The van der Waals surface area contributed by atoms with Crippen LogP contribution in [0, 0.1) is 10.1 Å². The fourth-order valence-electron chi connectivity index (χ4n) is 3.15. The molecule has 10 heteroatoms. The van der Waals surface area contributed by atoms with E-state index in [-0.39, 0.29) is 11.6 Å². The largest absolute Gasteiger partial charge is 0.497 e. The van der Waals surface area contributed by atoms with E-state index < -0.39 is 16.5 Å². The number of ether oxygens (including phenoxy) is 1. The van der Waals surface area contributed by atoms with Crippen LogP contribution >= 0.6 is 0 Å². The maximum Gasteiger partial charge on any atom is 0.355 e. The van der Waals surface area contributed by atoms with E-state index in [1.165, 1.54) is 0 Å². The second kappa shape index (κ2) is 8.96. The molecule has 4 rings (SSSR count). The molecular formula is C22H18N6O4. The number of rotatable bonds is 7. The molecule has 3 aromatic carbocycles. The van der Waals surface area contributed by atoms with Crippen molar-refractivity contribution in [3.8, 4) is 5.75 Å². The predicted molar refractivity (Wildman–Crippen MR) is 120 cm³/mol. The van der Waals surface area contributed by atoms with E-state index in [4.69, 9.17) is 4.74 Å². The number of nitro groups is 1. The van der Waals surface area contributed by atoms with Crippen molar-refractivity contribution in [1.82, 2.24) is 15.4 Å². The van der Waals surface area contributed by atoms with Crippen molar-refractivity contribution >= 4 is 39.7 Å². The highest BCUT2D eigenvalue weighted by Crippen LogP contribution is 2.31. The number of aromatic nitrogens is 2. The Bertz CT molecular complexity index is 1290. The first-order valence-corrected chi connectivity index (χ1v) is 9.51. The summed E-state index contributed by atoms with van der Waals surface area (Å²) in [6.45, 7) is 0. The lowest BCUT2D eigenvalue weighted by Crippen LogP contribution is -2.30. The van der Waals surface area contributed by atoms with Crippen LogP contribution in [-0.2, 0) is 0 Å². The van der Waals surface area contributed by atoms with Crippen molar-refractivity contribution < 1.29 is 14.5 Å². The Balaban J connectivity index is 1.57. The quantitative estimate of drug-likeness (QED) is 0.296. The van der Waals surface area contributed by atoms with E-state index in [0.29, 0.717) is 17.0 Å². The highest BCUT2D eigenvalue weighted by molar-refractivity contribution is 6.07. The minimum atomic E-state index is -0.627. The van der Waals surface area contributed by atoms with E-state index in [1.807, 2.05) is 30.3 Å². The zero-order valence-electron chi connectivity index (χ0n) is 16.9. The van der Waals surface area contributed by atoms with Gasteiger partial charge in [-0.15, -0.1) is 0 Å². The van der Waals surface area contributed by atoms with E-state index in [1.54, 1.807) is 43.5 Å². The molecule has 0 saturated heterocycles. The van der Waals surface area contributed by atoms with Gasteiger partial charge in [-0.05, 0) is 41.1 Å². The van der Waals surface area contributed by atoms with Crippen molar-refractivity contribution in [3.63, 3.8) is 0 Å². The molecular weight excluding hydrogens is 412 g/mol. The van der Waals surface area contributed by atoms with E-state index in [0.717, 1.165) is 17.1 Å². The number of nitrogens with zero attached hydrogens (tertiary/aromatic N) is 3. The van der Waals surface area contributed by atoms with Gasteiger partial charge < -0.3 is 10.1 Å². The van der Waals surface area contributed by atoms with Crippen LogP contribution in [0.2, 0.25) is 0 Å². The minimum absolute atomic E-state index is 0.0305. The van der Waals surface area contributed by atoms with Crippen LogP contribution in [0.1, 0.15) is 10.4 Å². The van der Waals surface area contributed by atoms with Gasteiger partial charge in [-0.1, -0.05) is 36.4 Å². The lowest BCUT2D eigenvalue weighted by Gasteiger charge is -2.12. The summed E-state index contributed by atoms with van der Waals surface area (Å²) in [4.78, 5) is 31.7. The third-order valence-corrected chi connectivity index (χ3v) is 4.69. The van der Waals surface area contributed by atoms with Crippen molar-refractivity contribution in [2.75, 3.05) is 17.9 Å². The first kappa shape index (κ1) is 20.5. The lowest BCUT2D eigenvalue weighted by atomic mass is 10.0. The Labute approximate surface area is 182 Å². The molecule has 0 fully saturated rings. The van der Waals surface area contributed by atoms with Crippen molar-refractivity contribution in [2.45, 2.75) is 0 Å². The number of hydrazine groups is 1. The molecule has 4 aromatic rings. The van der Waals surface area contributed by atoms with Gasteiger partial charge in [0.1, 0.15) is 12.1 Å². The normalized spacial score (nSPS) is 10.4. The van der Waals surface area contributed by atoms with Crippen LogP contribution in [0.3, 0.4) is 0 Å². The van der Waals surface area contributed by atoms with Gasteiger partial charge in [-0.2, -0.15) is 0 Å². The van der Waals surface area contributed by atoms with Crippen LogP contribution in [0.4, 0.5) is 23.0 Å². The summed E-state index contributed by atoms with van der Waals surface area (Å²) in [7, 11) is 1.54. The Kier molecular flexibility index (Phi) is 5.75. The molecule has 1 amide bonds. The summed E-state index contributed by atoms with van der Waals surface area (Å²) in [5.74, 6) is -0.00251. The topological polar surface area (TPSA) is 131 Å². The summed E-state index contributed by atoms with van der Waals surface area (Å²) < 4.78 is 5.11. The monoisotopic (exact) mass is 430 g/mol. The summed E-state index contributed by atoms with van der Waals surface area (Å²) in [6, 6.07) is 19.6. The van der Waals surface area contributed by atoms with E-state index in [2.05, 4.69) is 26.1 Å². The number of amides is 1. The number of methoxy groups -OCH3 is 1. The fourth-order valence-corrected chi connectivity index (χ4v) is 3.15. The minimum Gasteiger partial charge on any atom is -0.497 e. The summed E-state index contributed by atoms with van der Waals surface area (Å²) in [5, 5.41) is 16.3. The highest BCUT2D eigenvalue weighted by Gasteiger charge is 2.24. The second-order valence-electron chi connectivity index (χ2n) is 6.64. The molecule has 0 spiro atoms. The van der Waals surface area contributed by atoms with Crippen LogP contribution in [0.5, 0.6) is 5.75 Å². The van der Waals surface area contributed by atoms with E-state index >= 15 is 0 Å². The van der Waals surface area contributed by atoms with Crippen LogP contribution in [-0.4, -0.2) is 27.9 Å². The molecule has 1 heterocycles. The van der Waals surface area contributed by atoms with Crippen molar-refractivity contribution in [2.24, 2.45) is 0 Å². The molecule has 160 valence electrons. The zero-order valence-corrected chi connectivity index (χ0v) is 16.9. The Morgan fingerprint density at radius 1 is 0.969 bits per heavy atom. The number of carbonyl (C=O) groups excluding carboxylic acids is 1. The van der Waals surface area contributed by atoms with Gasteiger partial charge in [0.05, 0.1) is 12.0 Å². The molecule has 1 aromatic heterocycles. The summed E-state index contributed by atoms with van der Waals surface area (Å²) >= 11 is 0. The second-order valence-corrected chi connectivity index (χ2v) is 6.64. The Morgan fingerprint density at radius 3 is 2.44 bits per heavy atom. The average Bonchev–Trinajstić information content (AvgIpc) is 2.82. The van der Waals surface area contributed by atoms with Gasteiger partial charge in [0.15, 0.2) is 0 Å². The number of fused-ring (bicyclic) bond motifs is 1. The highest BCUT2D eigenvalue weighted by atomic mass is 16.6. The van der Waals surface area contributed by atoms with Gasteiger partial charge in [0.2, 0.25) is 11.6 Å². The maximum absolute atomic E-state index is 12.7. The number of benzene rings is 3. The number of nitrogens with one attached hydrogen (secondary N) is 3. The Morgan fingerprint density at radius 2 is 1.69 bits per heavy atom. The third kappa shape index (κ3) is 4.24. The molecule has 3 N–H and O–H groups in total. The average molecular weight is 430 g/mol. The van der Waals surface area contributed by atoms with Crippen LogP contribution in [0.25, 0.3) is 10.8 Å². The maximum atomic E-state index is 12.7. The van der Waals surface area contributed by atoms with Crippen molar-refractivity contribution in [1.29, 1.82) is 0 Å². The van der Waals surface area contributed by atoms with Crippen LogP contribution in [0.15, 0.2) is 73.1 Å². The summed E-state index contributed by atoms with van der Waals surface area (Å²) in [5.41, 5.74) is 5.60. The molecule has 0 bridgehead atoms. The van der Waals surface area contributed by atoms with Gasteiger partial charge in [0.25, 0.3) is 5.91 Å². The number of carbonyl (C=O) groups is 1. The van der Waals surface area contributed by atoms with Gasteiger partial charge in [-0.3, -0.25) is 25.8 Å². The molecule has 0 unspecified atom stereocenters. The molecule has 0 atom stereocenters. The molecule has 0 aliphatic rings. The van der Waals surface area contributed by atoms with Gasteiger partial charge >= 0.3 is 5.69 Å². The fraction of sp³-hybridized carbons (Fsp3) is 0.0455. The van der Waals surface area contributed by atoms with Gasteiger partial charge in [0, 0.05) is 11.3 Å². The van der Waals surface area contributed by atoms with Crippen LogP contribution < -0.4 is 20.9 Å². The first-order chi connectivity index (χ1) is 15.6. The molecule has 32 heavy (non-hydrogen) atoms. The summed E-state index contributed by atoms with van der Waals surface area (Å²) in [6.07, 6.45) is 1.16. The number of hydrogen-bond acceptors (Lipinski definition) is 8. The number of anilines is 3. The molecule has 0 aliphatic heterocycles. The van der Waals surface area contributed by atoms with E-state index in [9.17, 15) is 14.9 Å². The predicted octanol–water partition coefficient (Wildman–Crippen LogP) is 4.05. The number of hydrogen-bond donors (Lipinski definition) is 3. The smallest absolute Gasteiger partial charge is 0.355 e. The molecule has 0 aliphatic carbocycles. The van der Waals surface area contributed by atoms with Crippen molar-refractivity contribution in [3.05, 3.63) is 88.7 Å². The Hall–Kier alpha value is -4.73. The van der Waals surface area contributed by atoms with Gasteiger partial charge in [-0.25, -0.2) is 9.97 Å². The lowest BCUT2D eigenvalue weighted by molar-refractivity contribution is -0.383. The standard InChI is InChI=1S/C22H18N6O4/c1-32-16-11-9-15(10-12-16)25-20-19(28(30)31)21(24-13-23-20)26-27-22(29)18-8-4-6-14-5-2-3-7-17(14)18/h2-13H,1H3,(H,27,29)(H2,23,24,25,26). The molecule has 10 nitrogen and oxygen atoms in total. The third-order valence-electron chi connectivity index (χ3n) is 4.69. The molecule has 0 saturated carbocycles. The first-order valence-electron chi connectivity index (χ1n) is 9.51.